The fraction of sp³-hybridized carbons (Fsp3) is 0.0667. The molecule has 0 fully saturated rings. The standard InChI is InChI=1S/C15H13N5O2/c21-15(17-12-4-2-1-3-5-12)10-22-14-8-6-13(7-9-14)20-11-16-18-19-20/h1-9,11H,10H2,(H,17,21). The van der Waals surface area contributed by atoms with Crippen molar-refractivity contribution in [1.82, 2.24) is 20.2 Å². The third-order valence-corrected chi connectivity index (χ3v) is 2.88. The van der Waals surface area contributed by atoms with Crippen molar-refractivity contribution < 1.29 is 9.53 Å². The molecule has 1 N–H and O–H groups in total. The zero-order chi connectivity index (χ0) is 15.2. The molecule has 0 atom stereocenters. The van der Waals surface area contributed by atoms with E-state index in [1.165, 1.54) is 11.0 Å². The van der Waals surface area contributed by atoms with Gasteiger partial charge >= 0.3 is 0 Å². The number of nitrogens with one attached hydrogen (secondary N) is 1. The molecule has 0 spiro atoms. The van der Waals surface area contributed by atoms with Gasteiger partial charge in [0.1, 0.15) is 12.1 Å². The zero-order valence-electron chi connectivity index (χ0n) is 11.6. The van der Waals surface area contributed by atoms with Crippen molar-refractivity contribution in [3.63, 3.8) is 0 Å². The van der Waals surface area contributed by atoms with Gasteiger partial charge in [0.25, 0.3) is 5.91 Å². The van der Waals surface area contributed by atoms with Gasteiger partial charge in [-0.3, -0.25) is 4.79 Å². The van der Waals surface area contributed by atoms with Crippen molar-refractivity contribution in [2.45, 2.75) is 0 Å². The van der Waals surface area contributed by atoms with Crippen LogP contribution in [0.3, 0.4) is 0 Å². The monoisotopic (exact) mass is 295 g/mol. The molecule has 0 aliphatic rings. The van der Waals surface area contributed by atoms with Crippen LogP contribution in [0.2, 0.25) is 0 Å². The van der Waals surface area contributed by atoms with Gasteiger partial charge in [-0.15, -0.1) is 5.10 Å². The van der Waals surface area contributed by atoms with E-state index in [0.29, 0.717) is 5.75 Å². The molecule has 7 nitrogen and oxygen atoms in total. The third kappa shape index (κ3) is 3.45. The average Bonchev–Trinajstić information content (AvgIpc) is 3.09. The van der Waals surface area contributed by atoms with Crippen molar-refractivity contribution in [1.29, 1.82) is 0 Å². The molecular weight excluding hydrogens is 282 g/mol. The van der Waals surface area contributed by atoms with Gasteiger partial charge in [-0.1, -0.05) is 18.2 Å². The summed E-state index contributed by atoms with van der Waals surface area (Å²) in [4.78, 5) is 11.8. The summed E-state index contributed by atoms with van der Waals surface area (Å²) in [6, 6.07) is 16.4. The Labute approximate surface area is 126 Å². The maximum atomic E-state index is 11.8. The summed E-state index contributed by atoms with van der Waals surface area (Å²) < 4.78 is 6.97. The lowest BCUT2D eigenvalue weighted by molar-refractivity contribution is -0.118. The average molecular weight is 295 g/mol. The topological polar surface area (TPSA) is 81.9 Å². The maximum absolute atomic E-state index is 11.8. The molecule has 1 heterocycles. The Bertz CT molecular complexity index is 726. The summed E-state index contributed by atoms with van der Waals surface area (Å²) in [5.74, 6) is 0.385. The number of rotatable bonds is 5. The lowest BCUT2D eigenvalue weighted by Crippen LogP contribution is -2.20. The van der Waals surface area contributed by atoms with E-state index >= 15 is 0 Å². The molecule has 0 radical (unpaired) electrons. The van der Waals surface area contributed by atoms with Crippen LogP contribution in [0.4, 0.5) is 5.69 Å². The molecule has 2 aromatic carbocycles. The number of hydrogen-bond acceptors (Lipinski definition) is 5. The molecule has 3 aromatic rings. The first kappa shape index (κ1) is 13.7. The van der Waals surface area contributed by atoms with Crippen LogP contribution < -0.4 is 10.1 Å². The van der Waals surface area contributed by atoms with E-state index in [2.05, 4.69) is 20.8 Å². The van der Waals surface area contributed by atoms with Crippen LogP contribution in [-0.2, 0) is 4.79 Å². The highest BCUT2D eigenvalue weighted by molar-refractivity contribution is 5.91. The van der Waals surface area contributed by atoms with E-state index in [1.54, 1.807) is 24.3 Å². The van der Waals surface area contributed by atoms with Gasteiger partial charge < -0.3 is 10.1 Å². The molecule has 7 heteroatoms. The predicted octanol–water partition coefficient (Wildman–Crippen LogP) is 1.68. The molecule has 22 heavy (non-hydrogen) atoms. The first-order valence-electron chi connectivity index (χ1n) is 6.62. The van der Waals surface area contributed by atoms with Crippen molar-refractivity contribution in [2.75, 3.05) is 11.9 Å². The molecule has 0 saturated carbocycles. The Morgan fingerprint density at radius 3 is 2.55 bits per heavy atom. The highest BCUT2D eigenvalue weighted by Crippen LogP contribution is 2.14. The van der Waals surface area contributed by atoms with Gasteiger partial charge in [-0.2, -0.15) is 0 Å². The minimum Gasteiger partial charge on any atom is -0.484 e. The summed E-state index contributed by atoms with van der Waals surface area (Å²) >= 11 is 0. The number of aromatic nitrogens is 4. The first-order chi connectivity index (χ1) is 10.8. The van der Waals surface area contributed by atoms with Crippen LogP contribution in [0.1, 0.15) is 0 Å². The van der Waals surface area contributed by atoms with Gasteiger partial charge in [-0.05, 0) is 46.8 Å². The quantitative estimate of drug-likeness (QED) is 0.774. The van der Waals surface area contributed by atoms with Crippen LogP contribution in [-0.4, -0.2) is 32.7 Å². The molecule has 0 bridgehead atoms. The number of nitrogens with zero attached hydrogens (tertiary/aromatic N) is 4. The molecule has 1 aromatic heterocycles. The van der Waals surface area contributed by atoms with E-state index in [-0.39, 0.29) is 12.5 Å². The van der Waals surface area contributed by atoms with Gasteiger partial charge in [0.05, 0.1) is 5.69 Å². The molecule has 3 rings (SSSR count). The SMILES string of the molecule is O=C(COc1ccc(-n2cnnn2)cc1)Nc1ccccc1. The van der Waals surface area contributed by atoms with Crippen molar-refractivity contribution in [3.8, 4) is 11.4 Å². The van der Waals surface area contributed by atoms with Crippen LogP contribution in [0, 0.1) is 0 Å². The van der Waals surface area contributed by atoms with Crippen molar-refractivity contribution >= 4 is 11.6 Å². The van der Waals surface area contributed by atoms with Gasteiger partial charge in [-0.25, -0.2) is 4.68 Å². The summed E-state index contributed by atoms with van der Waals surface area (Å²) in [5, 5.41) is 13.7. The van der Waals surface area contributed by atoms with Gasteiger partial charge in [0.15, 0.2) is 6.61 Å². The summed E-state index contributed by atoms with van der Waals surface area (Å²) in [6.07, 6.45) is 1.50. The highest BCUT2D eigenvalue weighted by atomic mass is 16.5. The Kier molecular flexibility index (Phi) is 4.05. The summed E-state index contributed by atoms with van der Waals surface area (Å²) in [5.41, 5.74) is 1.55. The second-order valence-corrected chi connectivity index (χ2v) is 4.45. The normalized spacial score (nSPS) is 10.2. The van der Waals surface area contributed by atoms with E-state index in [0.717, 1.165) is 11.4 Å². The molecule has 0 aliphatic heterocycles. The van der Waals surface area contributed by atoms with Crippen LogP contribution in [0.5, 0.6) is 5.75 Å². The Hall–Kier alpha value is -3.22. The van der Waals surface area contributed by atoms with E-state index in [4.69, 9.17) is 4.74 Å². The van der Waals surface area contributed by atoms with E-state index < -0.39 is 0 Å². The predicted molar refractivity (Wildman–Crippen MR) is 79.7 cm³/mol. The molecule has 0 aliphatic carbocycles. The minimum atomic E-state index is -0.212. The number of carbonyl (C=O) groups is 1. The number of tetrazole rings is 1. The minimum absolute atomic E-state index is 0.0564. The van der Waals surface area contributed by atoms with Crippen LogP contribution in [0.15, 0.2) is 60.9 Å². The number of benzene rings is 2. The van der Waals surface area contributed by atoms with Gasteiger partial charge in [0, 0.05) is 5.69 Å². The van der Waals surface area contributed by atoms with Gasteiger partial charge in [0.2, 0.25) is 0 Å². The zero-order valence-corrected chi connectivity index (χ0v) is 11.6. The number of anilines is 1. The van der Waals surface area contributed by atoms with Crippen LogP contribution in [0.25, 0.3) is 5.69 Å². The molecule has 1 amide bonds. The Balaban J connectivity index is 1.54. The summed E-state index contributed by atoms with van der Waals surface area (Å²) in [6.45, 7) is -0.0564. The van der Waals surface area contributed by atoms with E-state index in [1.807, 2.05) is 30.3 Å². The highest BCUT2D eigenvalue weighted by Gasteiger charge is 2.04. The second-order valence-electron chi connectivity index (χ2n) is 4.45. The molecular formula is C15H13N5O2. The number of hydrogen-bond donors (Lipinski definition) is 1. The van der Waals surface area contributed by atoms with Crippen molar-refractivity contribution in [3.05, 3.63) is 60.9 Å². The smallest absolute Gasteiger partial charge is 0.262 e. The molecule has 0 unspecified atom stereocenters. The fourth-order valence-electron chi connectivity index (χ4n) is 1.84. The second kappa shape index (κ2) is 6.49. The van der Waals surface area contributed by atoms with Crippen molar-refractivity contribution in [2.24, 2.45) is 0 Å². The number of amides is 1. The number of carbonyl (C=O) groups excluding carboxylic acids is 1. The van der Waals surface area contributed by atoms with Crippen LogP contribution >= 0.6 is 0 Å². The number of ether oxygens (including phenoxy) is 1. The summed E-state index contributed by atoms with van der Waals surface area (Å²) in [7, 11) is 0. The lowest BCUT2D eigenvalue weighted by Gasteiger charge is -2.08. The maximum Gasteiger partial charge on any atom is 0.262 e. The van der Waals surface area contributed by atoms with E-state index in [9.17, 15) is 4.79 Å². The first-order valence-corrected chi connectivity index (χ1v) is 6.62. The Morgan fingerprint density at radius 2 is 1.86 bits per heavy atom. The lowest BCUT2D eigenvalue weighted by atomic mass is 10.3. The fourth-order valence-corrected chi connectivity index (χ4v) is 1.84. The largest absolute Gasteiger partial charge is 0.484 e. The molecule has 110 valence electrons. The number of para-hydroxylation sites is 1. The third-order valence-electron chi connectivity index (χ3n) is 2.88. The Morgan fingerprint density at radius 1 is 1.09 bits per heavy atom. The molecule has 0 saturated heterocycles.